The van der Waals surface area contributed by atoms with Gasteiger partial charge < -0.3 is 10.5 Å². The van der Waals surface area contributed by atoms with Crippen LogP contribution in [0.15, 0.2) is 24.3 Å². The van der Waals surface area contributed by atoms with Crippen molar-refractivity contribution in [2.45, 2.75) is 18.6 Å². The van der Waals surface area contributed by atoms with Crippen molar-refractivity contribution < 1.29 is 4.74 Å². The molecular formula is C13H21NOS. The summed E-state index contributed by atoms with van der Waals surface area (Å²) < 4.78 is 5.04. The number of aryl methyl sites for hydroxylation is 1. The number of nitrogens with two attached hydrogens (primary N) is 1. The Morgan fingerprint density at radius 3 is 2.88 bits per heavy atom. The van der Waals surface area contributed by atoms with Gasteiger partial charge in [-0.2, -0.15) is 11.8 Å². The van der Waals surface area contributed by atoms with E-state index in [0.717, 1.165) is 18.8 Å². The summed E-state index contributed by atoms with van der Waals surface area (Å²) in [6.45, 7) is 3.64. The Kier molecular flexibility index (Phi) is 6.53. The van der Waals surface area contributed by atoms with E-state index in [1.165, 1.54) is 11.1 Å². The predicted octanol–water partition coefficient (Wildman–Crippen LogP) is 2.76. The fraction of sp³-hybridized carbons (Fsp3) is 0.538. The summed E-state index contributed by atoms with van der Waals surface area (Å²) in [5.41, 5.74) is 8.45. The van der Waals surface area contributed by atoms with Gasteiger partial charge in [0, 0.05) is 25.5 Å². The second-order valence-electron chi connectivity index (χ2n) is 3.86. The van der Waals surface area contributed by atoms with Crippen LogP contribution in [0, 0.1) is 6.92 Å². The molecular weight excluding hydrogens is 218 g/mol. The fourth-order valence-corrected chi connectivity index (χ4v) is 2.64. The second-order valence-corrected chi connectivity index (χ2v) is 5.17. The largest absolute Gasteiger partial charge is 0.385 e. The molecule has 1 rings (SSSR count). The first-order valence-electron chi connectivity index (χ1n) is 5.65. The summed E-state index contributed by atoms with van der Waals surface area (Å²) in [5.74, 6) is 1.10. The summed E-state index contributed by atoms with van der Waals surface area (Å²) >= 11 is 1.92. The highest BCUT2D eigenvalue weighted by Crippen LogP contribution is 2.28. The van der Waals surface area contributed by atoms with Crippen LogP contribution in [0.4, 0.5) is 0 Å². The zero-order chi connectivity index (χ0) is 11.8. The molecule has 2 nitrogen and oxygen atoms in total. The van der Waals surface area contributed by atoms with Crippen molar-refractivity contribution in [3.8, 4) is 0 Å². The standard InChI is InChI=1S/C13H21NOS/c1-11-5-3-6-12(9-11)13(10-14)16-8-4-7-15-2/h3,5-6,9,13H,4,7-8,10,14H2,1-2H3. The van der Waals surface area contributed by atoms with Crippen LogP contribution in [0.1, 0.15) is 22.8 Å². The predicted molar refractivity (Wildman–Crippen MR) is 71.9 cm³/mol. The van der Waals surface area contributed by atoms with Crippen molar-refractivity contribution in [1.29, 1.82) is 0 Å². The maximum Gasteiger partial charge on any atom is 0.0470 e. The van der Waals surface area contributed by atoms with Crippen LogP contribution in [0.2, 0.25) is 0 Å². The molecule has 0 saturated carbocycles. The molecule has 0 aromatic heterocycles. The van der Waals surface area contributed by atoms with Gasteiger partial charge in [0.2, 0.25) is 0 Å². The Balaban J connectivity index is 2.47. The summed E-state index contributed by atoms with van der Waals surface area (Å²) in [4.78, 5) is 0. The van der Waals surface area contributed by atoms with Gasteiger partial charge in [0.15, 0.2) is 0 Å². The Bertz CT molecular complexity index is 304. The van der Waals surface area contributed by atoms with E-state index in [2.05, 4.69) is 31.2 Å². The number of hydrogen-bond donors (Lipinski definition) is 1. The molecule has 1 unspecified atom stereocenters. The summed E-state index contributed by atoms with van der Waals surface area (Å²) in [6, 6.07) is 8.60. The smallest absolute Gasteiger partial charge is 0.0470 e. The number of thioether (sulfide) groups is 1. The Labute approximate surface area is 103 Å². The molecule has 3 heteroatoms. The lowest BCUT2D eigenvalue weighted by atomic mass is 10.1. The van der Waals surface area contributed by atoms with Gasteiger partial charge in [-0.1, -0.05) is 29.8 Å². The van der Waals surface area contributed by atoms with Gasteiger partial charge in [-0.25, -0.2) is 0 Å². The molecule has 0 spiro atoms. The van der Waals surface area contributed by atoms with Crippen LogP contribution in [0.3, 0.4) is 0 Å². The molecule has 1 atom stereocenters. The molecule has 0 saturated heterocycles. The van der Waals surface area contributed by atoms with E-state index in [0.29, 0.717) is 11.8 Å². The first kappa shape index (κ1) is 13.6. The zero-order valence-corrected chi connectivity index (χ0v) is 10.9. The zero-order valence-electron chi connectivity index (χ0n) is 10.1. The minimum Gasteiger partial charge on any atom is -0.385 e. The Hall–Kier alpha value is -0.510. The highest BCUT2D eigenvalue weighted by Gasteiger charge is 2.09. The highest BCUT2D eigenvalue weighted by molar-refractivity contribution is 7.99. The van der Waals surface area contributed by atoms with Crippen LogP contribution in [-0.4, -0.2) is 26.0 Å². The molecule has 16 heavy (non-hydrogen) atoms. The number of methoxy groups -OCH3 is 1. The molecule has 0 bridgehead atoms. The Morgan fingerprint density at radius 2 is 2.25 bits per heavy atom. The fourth-order valence-electron chi connectivity index (χ4n) is 1.60. The summed E-state index contributed by atoms with van der Waals surface area (Å²) in [7, 11) is 1.74. The third-order valence-electron chi connectivity index (χ3n) is 2.44. The molecule has 0 heterocycles. The van der Waals surface area contributed by atoms with Crippen molar-refractivity contribution in [3.63, 3.8) is 0 Å². The van der Waals surface area contributed by atoms with Crippen molar-refractivity contribution in [2.75, 3.05) is 26.0 Å². The molecule has 0 amide bonds. The van der Waals surface area contributed by atoms with E-state index in [-0.39, 0.29) is 0 Å². The van der Waals surface area contributed by atoms with Crippen molar-refractivity contribution >= 4 is 11.8 Å². The van der Waals surface area contributed by atoms with Crippen molar-refractivity contribution in [1.82, 2.24) is 0 Å². The normalized spacial score (nSPS) is 12.7. The number of benzene rings is 1. The highest BCUT2D eigenvalue weighted by atomic mass is 32.2. The van der Waals surface area contributed by atoms with E-state index < -0.39 is 0 Å². The third-order valence-corrected chi connectivity index (χ3v) is 3.83. The SMILES string of the molecule is COCCCSC(CN)c1cccc(C)c1. The van der Waals surface area contributed by atoms with Gasteiger partial charge in [-0.05, 0) is 24.7 Å². The maximum atomic E-state index is 5.82. The first-order valence-corrected chi connectivity index (χ1v) is 6.70. The number of ether oxygens (including phenoxy) is 1. The average Bonchev–Trinajstić information content (AvgIpc) is 2.29. The summed E-state index contributed by atoms with van der Waals surface area (Å²) in [5, 5.41) is 0.414. The van der Waals surface area contributed by atoms with Gasteiger partial charge >= 0.3 is 0 Å². The van der Waals surface area contributed by atoms with Crippen LogP contribution in [0.5, 0.6) is 0 Å². The molecule has 0 aliphatic carbocycles. The lowest BCUT2D eigenvalue weighted by molar-refractivity contribution is 0.200. The van der Waals surface area contributed by atoms with Gasteiger partial charge in [-0.3, -0.25) is 0 Å². The van der Waals surface area contributed by atoms with Crippen LogP contribution in [-0.2, 0) is 4.74 Å². The molecule has 0 fully saturated rings. The van der Waals surface area contributed by atoms with Gasteiger partial charge in [0.25, 0.3) is 0 Å². The van der Waals surface area contributed by atoms with Crippen molar-refractivity contribution in [2.24, 2.45) is 5.73 Å². The lowest BCUT2D eigenvalue weighted by Gasteiger charge is -2.15. The van der Waals surface area contributed by atoms with E-state index in [1.54, 1.807) is 7.11 Å². The van der Waals surface area contributed by atoms with Gasteiger partial charge in [0.05, 0.1) is 0 Å². The van der Waals surface area contributed by atoms with Crippen LogP contribution < -0.4 is 5.73 Å². The molecule has 0 radical (unpaired) electrons. The van der Waals surface area contributed by atoms with Gasteiger partial charge in [-0.15, -0.1) is 0 Å². The average molecular weight is 239 g/mol. The van der Waals surface area contributed by atoms with E-state index in [9.17, 15) is 0 Å². The Morgan fingerprint density at radius 1 is 1.44 bits per heavy atom. The monoisotopic (exact) mass is 239 g/mol. The van der Waals surface area contributed by atoms with E-state index in [1.807, 2.05) is 11.8 Å². The quantitative estimate of drug-likeness (QED) is 0.743. The minimum absolute atomic E-state index is 0.414. The van der Waals surface area contributed by atoms with Crippen LogP contribution >= 0.6 is 11.8 Å². The third kappa shape index (κ3) is 4.56. The molecule has 0 aliphatic heterocycles. The molecule has 1 aromatic carbocycles. The first-order chi connectivity index (χ1) is 7.77. The molecule has 0 aliphatic rings. The topological polar surface area (TPSA) is 35.2 Å². The van der Waals surface area contributed by atoms with E-state index >= 15 is 0 Å². The minimum atomic E-state index is 0.414. The summed E-state index contributed by atoms with van der Waals surface area (Å²) in [6.07, 6.45) is 1.09. The van der Waals surface area contributed by atoms with Crippen molar-refractivity contribution in [3.05, 3.63) is 35.4 Å². The van der Waals surface area contributed by atoms with Crippen LogP contribution in [0.25, 0.3) is 0 Å². The van der Waals surface area contributed by atoms with E-state index in [4.69, 9.17) is 10.5 Å². The molecule has 90 valence electrons. The maximum absolute atomic E-state index is 5.82. The van der Waals surface area contributed by atoms with Gasteiger partial charge in [0.1, 0.15) is 0 Å². The second kappa shape index (κ2) is 7.71. The lowest BCUT2D eigenvalue weighted by Crippen LogP contribution is -2.10. The number of rotatable bonds is 7. The number of hydrogen-bond acceptors (Lipinski definition) is 3. The molecule has 2 N–H and O–H groups in total. The molecule has 1 aromatic rings.